The summed E-state index contributed by atoms with van der Waals surface area (Å²) in [5.74, 6) is 4.24. The van der Waals surface area contributed by atoms with Gasteiger partial charge in [-0.25, -0.2) is 18.7 Å². The van der Waals surface area contributed by atoms with E-state index in [0.29, 0.717) is 41.9 Å². The highest BCUT2D eigenvalue weighted by Gasteiger charge is 2.28. The molecule has 2 aromatic carbocycles. The number of rotatable bonds is 5. The van der Waals surface area contributed by atoms with Gasteiger partial charge in [-0.1, -0.05) is 17.5 Å². The number of hydrogen-bond acceptors (Lipinski definition) is 6. The number of hydrogen-bond donors (Lipinski definition) is 1. The summed E-state index contributed by atoms with van der Waals surface area (Å²) in [5.41, 5.74) is 0.480. The molecule has 0 unspecified atom stereocenters. The van der Waals surface area contributed by atoms with E-state index in [-0.39, 0.29) is 23.5 Å². The highest BCUT2D eigenvalue weighted by molar-refractivity contribution is 6.31. The van der Waals surface area contributed by atoms with Crippen LogP contribution in [0.4, 0.5) is 20.3 Å². The molecule has 1 aliphatic heterocycles. The molecule has 3 aromatic rings. The second kappa shape index (κ2) is 9.46. The van der Waals surface area contributed by atoms with Crippen molar-refractivity contribution in [3.63, 3.8) is 0 Å². The van der Waals surface area contributed by atoms with E-state index in [1.54, 1.807) is 24.0 Å². The predicted molar refractivity (Wildman–Crippen MR) is 120 cm³/mol. The first-order chi connectivity index (χ1) is 15.9. The number of nitrogens with one attached hydrogen (secondary N) is 1. The molecule has 1 saturated heterocycles. The minimum Gasteiger partial charge on any atom is -0.493 e. The standard InChI is InChI=1S/C23H19ClF2N4O3/c1-3-4-20(31)30-8-7-13(11-30)33-19-9-14-17(10-18(19)32-2)27-12-28-23(14)29-16-6-5-15(25)21(24)22(16)26/h5-6,9-10,12-13H,7-8,11H2,1-2H3,(H,27,28,29)/t13-/m0/s1. The first-order valence-electron chi connectivity index (χ1n) is 10.0. The van der Waals surface area contributed by atoms with Gasteiger partial charge >= 0.3 is 0 Å². The Labute approximate surface area is 193 Å². The number of amides is 1. The summed E-state index contributed by atoms with van der Waals surface area (Å²) in [7, 11) is 1.51. The molecule has 1 atom stereocenters. The molecule has 1 N–H and O–H groups in total. The molecule has 0 radical (unpaired) electrons. The first kappa shape index (κ1) is 22.6. The monoisotopic (exact) mass is 472 g/mol. The van der Waals surface area contributed by atoms with Crippen LogP contribution in [0.25, 0.3) is 10.9 Å². The van der Waals surface area contributed by atoms with Crippen LogP contribution in [0.3, 0.4) is 0 Å². The van der Waals surface area contributed by atoms with Crippen LogP contribution in [0.1, 0.15) is 13.3 Å². The maximum atomic E-state index is 14.4. The van der Waals surface area contributed by atoms with Crippen molar-refractivity contribution in [1.29, 1.82) is 0 Å². The van der Waals surface area contributed by atoms with Gasteiger partial charge in [0.15, 0.2) is 17.3 Å². The number of methoxy groups -OCH3 is 1. The maximum Gasteiger partial charge on any atom is 0.298 e. The number of aromatic nitrogens is 2. The maximum absolute atomic E-state index is 14.4. The Bertz CT molecular complexity index is 1290. The van der Waals surface area contributed by atoms with Gasteiger partial charge in [0.1, 0.15) is 29.1 Å². The van der Waals surface area contributed by atoms with E-state index in [1.165, 1.54) is 19.5 Å². The molecule has 10 heteroatoms. The lowest BCUT2D eigenvalue weighted by atomic mass is 10.2. The highest BCUT2D eigenvalue weighted by Crippen LogP contribution is 2.37. The summed E-state index contributed by atoms with van der Waals surface area (Å²) >= 11 is 5.69. The zero-order chi connectivity index (χ0) is 23.5. The fourth-order valence-corrected chi connectivity index (χ4v) is 3.70. The normalized spacial score (nSPS) is 15.2. The number of likely N-dealkylation sites (tertiary alicyclic amines) is 1. The van der Waals surface area contributed by atoms with Gasteiger partial charge in [0, 0.05) is 24.4 Å². The van der Waals surface area contributed by atoms with Gasteiger partial charge in [0.25, 0.3) is 5.91 Å². The number of carbonyl (C=O) groups excluding carboxylic acids is 1. The second-order valence-corrected chi connectivity index (χ2v) is 7.62. The molecule has 1 amide bonds. The van der Waals surface area contributed by atoms with Crippen molar-refractivity contribution in [3.8, 4) is 23.3 Å². The summed E-state index contributed by atoms with van der Waals surface area (Å²) in [6.07, 6.45) is 1.69. The summed E-state index contributed by atoms with van der Waals surface area (Å²) < 4.78 is 39.5. The van der Waals surface area contributed by atoms with E-state index < -0.39 is 16.7 Å². The van der Waals surface area contributed by atoms with Gasteiger partial charge in [-0.15, -0.1) is 0 Å². The molecule has 0 aliphatic carbocycles. The predicted octanol–water partition coefficient (Wildman–Crippen LogP) is 4.32. The van der Waals surface area contributed by atoms with Crippen LogP contribution in [0.2, 0.25) is 5.02 Å². The molecule has 1 aliphatic rings. The molecule has 0 spiro atoms. The second-order valence-electron chi connectivity index (χ2n) is 7.25. The summed E-state index contributed by atoms with van der Waals surface area (Å²) in [5, 5.41) is 2.75. The minimum absolute atomic E-state index is 0.0401. The average Bonchev–Trinajstić information content (AvgIpc) is 3.28. The molecular formula is C23H19ClF2N4O3. The van der Waals surface area contributed by atoms with E-state index in [4.69, 9.17) is 21.1 Å². The van der Waals surface area contributed by atoms with Gasteiger partial charge in [-0.2, -0.15) is 0 Å². The van der Waals surface area contributed by atoms with Crippen molar-refractivity contribution in [2.24, 2.45) is 0 Å². The van der Waals surface area contributed by atoms with Crippen LogP contribution in [-0.2, 0) is 4.79 Å². The molecule has 0 saturated carbocycles. The van der Waals surface area contributed by atoms with E-state index in [9.17, 15) is 13.6 Å². The minimum atomic E-state index is -0.931. The number of fused-ring (bicyclic) bond motifs is 1. The van der Waals surface area contributed by atoms with Crippen molar-refractivity contribution in [2.75, 3.05) is 25.5 Å². The topological polar surface area (TPSA) is 76.6 Å². The van der Waals surface area contributed by atoms with Gasteiger partial charge in [0.2, 0.25) is 0 Å². The van der Waals surface area contributed by atoms with E-state index in [0.717, 1.165) is 6.07 Å². The van der Waals surface area contributed by atoms with Crippen molar-refractivity contribution in [3.05, 3.63) is 47.2 Å². The number of anilines is 2. The van der Waals surface area contributed by atoms with Gasteiger partial charge in [-0.05, 0) is 31.0 Å². The number of ether oxygens (including phenoxy) is 2. The lowest BCUT2D eigenvalue weighted by Gasteiger charge is -2.18. The van der Waals surface area contributed by atoms with Crippen molar-refractivity contribution in [2.45, 2.75) is 19.4 Å². The van der Waals surface area contributed by atoms with Crippen LogP contribution in [0.15, 0.2) is 30.6 Å². The van der Waals surface area contributed by atoms with E-state index in [1.807, 2.05) is 0 Å². The largest absolute Gasteiger partial charge is 0.493 e. The molecule has 7 nitrogen and oxygen atoms in total. The third kappa shape index (κ3) is 4.61. The van der Waals surface area contributed by atoms with Crippen molar-refractivity contribution >= 4 is 39.9 Å². The van der Waals surface area contributed by atoms with Crippen LogP contribution in [-0.4, -0.2) is 47.1 Å². The Morgan fingerprint density at radius 3 is 2.85 bits per heavy atom. The van der Waals surface area contributed by atoms with Gasteiger partial charge in [0.05, 0.1) is 24.9 Å². The number of benzene rings is 2. The zero-order valence-corrected chi connectivity index (χ0v) is 18.5. The van der Waals surface area contributed by atoms with Crippen LogP contribution >= 0.6 is 11.6 Å². The molecule has 1 fully saturated rings. The Morgan fingerprint density at radius 1 is 1.27 bits per heavy atom. The third-order valence-corrected chi connectivity index (χ3v) is 5.51. The summed E-state index contributed by atoms with van der Waals surface area (Å²) in [6.45, 7) is 2.54. The molecule has 4 rings (SSSR count). The fraction of sp³-hybridized carbons (Fsp3) is 0.261. The lowest BCUT2D eigenvalue weighted by Crippen LogP contribution is -2.29. The van der Waals surface area contributed by atoms with E-state index >= 15 is 0 Å². The summed E-state index contributed by atoms with van der Waals surface area (Å²) in [4.78, 5) is 22.1. The highest BCUT2D eigenvalue weighted by atomic mass is 35.5. The Morgan fingerprint density at radius 2 is 2.09 bits per heavy atom. The van der Waals surface area contributed by atoms with Crippen LogP contribution in [0.5, 0.6) is 11.5 Å². The number of halogens is 3. The lowest BCUT2D eigenvalue weighted by molar-refractivity contribution is -0.124. The van der Waals surface area contributed by atoms with Gasteiger partial charge < -0.3 is 19.7 Å². The van der Waals surface area contributed by atoms with Gasteiger partial charge in [-0.3, -0.25) is 4.79 Å². The number of nitrogens with zero attached hydrogens (tertiary/aromatic N) is 3. The Hall–Kier alpha value is -3.64. The quantitative estimate of drug-likeness (QED) is 0.440. The molecular weight excluding hydrogens is 454 g/mol. The molecule has 2 heterocycles. The molecule has 1 aromatic heterocycles. The molecule has 33 heavy (non-hydrogen) atoms. The zero-order valence-electron chi connectivity index (χ0n) is 17.8. The first-order valence-corrected chi connectivity index (χ1v) is 10.4. The smallest absolute Gasteiger partial charge is 0.298 e. The Balaban J connectivity index is 1.65. The van der Waals surface area contributed by atoms with Crippen molar-refractivity contribution in [1.82, 2.24) is 14.9 Å². The number of carbonyl (C=O) groups is 1. The van der Waals surface area contributed by atoms with Crippen molar-refractivity contribution < 1.29 is 23.0 Å². The molecule has 0 bridgehead atoms. The van der Waals surface area contributed by atoms with Crippen LogP contribution in [0, 0.1) is 23.5 Å². The molecule has 170 valence electrons. The Kier molecular flexibility index (Phi) is 6.47. The van der Waals surface area contributed by atoms with E-state index in [2.05, 4.69) is 27.1 Å². The van der Waals surface area contributed by atoms with Crippen LogP contribution < -0.4 is 14.8 Å². The average molecular weight is 473 g/mol. The fourth-order valence-electron chi connectivity index (χ4n) is 3.54. The SMILES string of the molecule is CC#CC(=O)N1CC[C@H](Oc2cc3c(Nc4ccc(F)c(Cl)c4F)ncnc3cc2OC)C1. The summed E-state index contributed by atoms with van der Waals surface area (Å²) in [6, 6.07) is 5.64. The third-order valence-electron chi connectivity index (χ3n) is 5.17.